The van der Waals surface area contributed by atoms with E-state index < -0.39 is 11.9 Å². The zero-order chi connectivity index (χ0) is 21.5. The van der Waals surface area contributed by atoms with Gasteiger partial charge in [-0.2, -0.15) is 0 Å². The summed E-state index contributed by atoms with van der Waals surface area (Å²) in [4.78, 5) is 28.5. The van der Waals surface area contributed by atoms with Crippen LogP contribution in [0, 0.1) is 0 Å². The molecule has 31 heavy (non-hydrogen) atoms. The van der Waals surface area contributed by atoms with Crippen LogP contribution < -0.4 is 15.1 Å². The van der Waals surface area contributed by atoms with Gasteiger partial charge in [0.05, 0.1) is 23.6 Å². The van der Waals surface area contributed by atoms with Crippen molar-refractivity contribution in [3.8, 4) is 5.75 Å². The summed E-state index contributed by atoms with van der Waals surface area (Å²) in [5, 5.41) is 10.1. The van der Waals surface area contributed by atoms with Crippen molar-refractivity contribution >= 4 is 33.3 Å². The number of amides is 1. The lowest BCUT2D eigenvalue weighted by atomic mass is 9.98. The molecule has 0 radical (unpaired) electrons. The molecule has 0 saturated carbocycles. The number of benzene rings is 2. The van der Waals surface area contributed by atoms with E-state index in [-0.39, 0.29) is 11.2 Å². The minimum atomic E-state index is -0.679. The smallest absolute Gasteiger partial charge is 0.297 e. The summed E-state index contributed by atoms with van der Waals surface area (Å²) in [6.45, 7) is 4.39. The number of nitrogens with zero attached hydrogens (tertiary/aromatic N) is 3. The Bertz CT molecular complexity index is 1360. The van der Waals surface area contributed by atoms with Crippen molar-refractivity contribution in [1.29, 1.82) is 0 Å². The van der Waals surface area contributed by atoms with Crippen LogP contribution in [0.1, 0.15) is 46.6 Å². The monoisotopic (exact) mass is 433 g/mol. The molecule has 0 N–H and O–H groups in total. The molecule has 1 atom stereocenters. The van der Waals surface area contributed by atoms with Crippen LogP contribution in [0.25, 0.3) is 11.0 Å². The minimum absolute atomic E-state index is 0.0451. The first-order chi connectivity index (χ1) is 15.1. The highest BCUT2D eigenvalue weighted by atomic mass is 32.1. The van der Waals surface area contributed by atoms with Gasteiger partial charge < -0.3 is 9.15 Å². The summed E-state index contributed by atoms with van der Waals surface area (Å²) in [7, 11) is 0. The summed E-state index contributed by atoms with van der Waals surface area (Å²) >= 11 is 1.34. The van der Waals surface area contributed by atoms with Gasteiger partial charge in [-0.05, 0) is 43.2 Å². The summed E-state index contributed by atoms with van der Waals surface area (Å²) in [6, 6.07) is 13.7. The molecule has 1 amide bonds. The summed E-state index contributed by atoms with van der Waals surface area (Å²) in [5.74, 6) is 0.310. The van der Waals surface area contributed by atoms with Crippen LogP contribution in [0.2, 0.25) is 0 Å². The van der Waals surface area contributed by atoms with Gasteiger partial charge in [-0.1, -0.05) is 42.5 Å². The van der Waals surface area contributed by atoms with Crippen molar-refractivity contribution in [1.82, 2.24) is 10.2 Å². The van der Waals surface area contributed by atoms with Crippen molar-refractivity contribution in [3.05, 3.63) is 80.6 Å². The van der Waals surface area contributed by atoms with Gasteiger partial charge in [-0.15, -0.1) is 10.2 Å². The van der Waals surface area contributed by atoms with E-state index in [9.17, 15) is 9.59 Å². The van der Waals surface area contributed by atoms with Gasteiger partial charge in [-0.3, -0.25) is 14.5 Å². The quantitative estimate of drug-likeness (QED) is 0.465. The molecule has 0 saturated heterocycles. The fourth-order valence-corrected chi connectivity index (χ4v) is 4.66. The summed E-state index contributed by atoms with van der Waals surface area (Å²) < 4.78 is 11.6. The van der Waals surface area contributed by atoms with E-state index >= 15 is 0 Å². The van der Waals surface area contributed by atoms with Crippen molar-refractivity contribution < 1.29 is 13.9 Å². The lowest BCUT2D eigenvalue weighted by Gasteiger charge is -2.22. The number of carbonyl (C=O) groups is 1. The van der Waals surface area contributed by atoms with Crippen LogP contribution in [-0.2, 0) is 6.42 Å². The topological polar surface area (TPSA) is 85.5 Å². The molecule has 7 nitrogen and oxygen atoms in total. The number of ether oxygens (including phenoxy) is 1. The molecule has 0 aliphatic carbocycles. The molecule has 2 aromatic carbocycles. The minimum Gasteiger partial charge on any atom is -0.494 e. The number of fused-ring (bicyclic) bond motifs is 2. The zero-order valence-corrected chi connectivity index (χ0v) is 17.8. The highest BCUT2D eigenvalue weighted by Gasteiger charge is 2.45. The second-order valence-electron chi connectivity index (χ2n) is 7.09. The van der Waals surface area contributed by atoms with Gasteiger partial charge in [0, 0.05) is 0 Å². The fraction of sp³-hybridized carbons (Fsp3) is 0.217. The second kappa shape index (κ2) is 7.63. The average Bonchev–Trinajstić information content (AvgIpc) is 3.37. The van der Waals surface area contributed by atoms with Crippen molar-refractivity contribution in [2.45, 2.75) is 26.3 Å². The Balaban J connectivity index is 1.77. The first-order valence-corrected chi connectivity index (χ1v) is 10.9. The van der Waals surface area contributed by atoms with E-state index in [1.807, 2.05) is 38.1 Å². The Hall–Kier alpha value is -3.52. The summed E-state index contributed by atoms with van der Waals surface area (Å²) in [6.07, 6.45) is 0.707. The molecule has 1 aliphatic heterocycles. The molecule has 2 aromatic heterocycles. The molecule has 0 bridgehead atoms. The van der Waals surface area contributed by atoms with Crippen LogP contribution in [-0.4, -0.2) is 22.7 Å². The van der Waals surface area contributed by atoms with Crippen LogP contribution >= 0.6 is 11.3 Å². The summed E-state index contributed by atoms with van der Waals surface area (Å²) in [5.41, 5.74) is 1.22. The standard InChI is InChI=1S/C23H19N3O4S/c1-3-17-24-25-23(31-17)26-19(13-8-7-9-14(12-13)29-4-2)18-20(27)15-10-5-6-11-16(15)30-21(18)22(26)28/h5-12,19H,3-4H2,1-2H3. The molecular formula is C23H19N3O4S. The molecule has 3 heterocycles. The number of anilines is 1. The molecule has 5 rings (SSSR count). The highest BCUT2D eigenvalue weighted by molar-refractivity contribution is 7.15. The fourth-order valence-electron chi connectivity index (χ4n) is 3.86. The Morgan fingerprint density at radius 2 is 1.94 bits per heavy atom. The Morgan fingerprint density at radius 3 is 2.71 bits per heavy atom. The van der Waals surface area contributed by atoms with E-state index in [2.05, 4.69) is 10.2 Å². The zero-order valence-electron chi connectivity index (χ0n) is 17.0. The van der Waals surface area contributed by atoms with Crippen LogP contribution in [0.5, 0.6) is 5.75 Å². The van der Waals surface area contributed by atoms with Gasteiger partial charge in [0.2, 0.25) is 10.9 Å². The molecule has 8 heteroatoms. The lowest BCUT2D eigenvalue weighted by molar-refractivity contribution is 0.0970. The Labute approximate surface area is 181 Å². The third-order valence-electron chi connectivity index (χ3n) is 5.23. The number of aromatic nitrogens is 2. The first-order valence-electron chi connectivity index (χ1n) is 10.1. The largest absolute Gasteiger partial charge is 0.494 e. The van der Waals surface area contributed by atoms with E-state index in [0.29, 0.717) is 40.4 Å². The Morgan fingerprint density at radius 1 is 1.10 bits per heavy atom. The van der Waals surface area contributed by atoms with Gasteiger partial charge >= 0.3 is 0 Å². The molecule has 0 spiro atoms. The van der Waals surface area contributed by atoms with Crippen molar-refractivity contribution in [3.63, 3.8) is 0 Å². The number of hydrogen-bond acceptors (Lipinski definition) is 7. The van der Waals surface area contributed by atoms with Gasteiger partial charge in [0.15, 0.2) is 5.43 Å². The SMILES string of the molecule is CCOc1cccc(C2c3c(oc4ccccc4c3=O)C(=O)N2c2nnc(CC)s2)c1. The maximum Gasteiger partial charge on any atom is 0.297 e. The Kier molecular flexibility index (Phi) is 4.78. The van der Waals surface area contributed by atoms with Crippen LogP contribution in [0.4, 0.5) is 5.13 Å². The van der Waals surface area contributed by atoms with Crippen LogP contribution in [0.15, 0.2) is 57.7 Å². The molecule has 1 aliphatic rings. The third-order valence-corrected chi connectivity index (χ3v) is 6.29. The van der Waals surface area contributed by atoms with E-state index in [0.717, 1.165) is 10.6 Å². The van der Waals surface area contributed by atoms with E-state index in [4.69, 9.17) is 9.15 Å². The van der Waals surface area contributed by atoms with Crippen molar-refractivity contribution in [2.75, 3.05) is 11.5 Å². The van der Waals surface area contributed by atoms with Gasteiger partial charge in [0.1, 0.15) is 16.3 Å². The van der Waals surface area contributed by atoms with Gasteiger partial charge in [-0.25, -0.2) is 0 Å². The number of rotatable bonds is 5. The molecule has 4 aromatic rings. The maximum absolute atomic E-state index is 13.5. The second-order valence-corrected chi connectivity index (χ2v) is 8.13. The maximum atomic E-state index is 13.5. The average molecular weight is 433 g/mol. The number of para-hydroxylation sites is 1. The number of hydrogen-bond donors (Lipinski definition) is 0. The molecule has 156 valence electrons. The highest BCUT2D eigenvalue weighted by Crippen LogP contribution is 2.42. The predicted molar refractivity (Wildman–Crippen MR) is 118 cm³/mol. The van der Waals surface area contributed by atoms with E-state index in [1.165, 1.54) is 16.2 Å². The van der Waals surface area contributed by atoms with Gasteiger partial charge in [0.25, 0.3) is 5.91 Å². The normalized spacial score (nSPS) is 15.5. The predicted octanol–water partition coefficient (Wildman–Crippen LogP) is 4.36. The first kappa shape index (κ1) is 19.4. The lowest BCUT2D eigenvalue weighted by Crippen LogP contribution is -2.29. The molecule has 1 unspecified atom stereocenters. The number of carbonyl (C=O) groups excluding carboxylic acids is 1. The molecular weight excluding hydrogens is 414 g/mol. The number of aryl methyl sites for hydroxylation is 1. The van der Waals surface area contributed by atoms with E-state index in [1.54, 1.807) is 24.3 Å². The molecule has 0 fully saturated rings. The van der Waals surface area contributed by atoms with Crippen LogP contribution in [0.3, 0.4) is 0 Å². The third kappa shape index (κ3) is 3.11. The van der Waals surface area contributed by atoms with Crippen molar-refractivity contribution in [2.24, 2.45) is 0 Å².